The van der Waals surface area contributed by atoms with Gasteiger partial charge in [-0.2, -0.15) is 0 Å². The second-order valence-electron chi connectivity index (χ2n) is 13.0. The molecule has 0 saturated carbocycles. The van der Waals surface area contributed by atoms with Gasteiger partial charge in [0.2, 0.25) is 0 Å². The van der Waals surface area contributed by atoms with Crippen LogP contribution in [0.25, 0.3) is 98.5 Å². The third kappa shape index (κ3) is 3.69. The molecule has 2 aromatic heterocycles. The molecule has 0 fully saturated rings. The van der Waals surface area contributed by atoms with E-state index in [-0.39, 0.29) is 0 Å². The minimum Gasteiger partial charge on any atom is -0.344 e. The monoisotopic (exact) mass is 612 g/mol. The van der Waals surface area contributed by atoms with Crippen LogP contribution in [0.15, 0.2) is 158 Å². The molecular formula is C46H32N2. The SMILES string of the molecule is Cn1c2ccccc2c2c(-c3cccc4c(-c5ccccc5)c5cccc(-c6cccc7c6c6ccccc6n7C)c5cc34)cccc21. The van der Waals surface area contributed by atoms with Crippen LogP contribution in [0, 0.1) is 0 Å². The summed E-state index contributed by atoms with van der Waals surface area (Å²) in [5, 5.41) is 10.2. The second-order valence-corrected chi connectivity index (χ2v) is 13.0. The number of rotatable bonds is 3. The van der Waals surface area contributed by atoms with Crippen LogP contribution in [0.2, 0.25) is 0 Å². The number of hydrogen-bond donors (Lipinski definition) is 0. The molecule has 0 amide bonds. The van der Waals surface area contributed by atoms with Crippen molar-refractivity contribution in [2.45, 2.75) is 0 Å². The van der Waals surface area contributed by atoms with E-state index in [9.17, 15) is 0 Å². The summed E-state index contributed by atoms with van der Waals surface area (Å²) in [4.78, 5) is 0. The molecular weight excluding hydrogens is 581 g/mol. The Morgan fingerprint density at radius 2 is 0.708 bits per heavy atom. The molecule has 48 heavy (non-hydrogen) atoms. The van der Waals surface area contributed by atoms with Crippen LogP contribution in [-0.4, -0.2) is 9.13 Å². The van der Waals surface area contributed by atoms with Gasteiger partial charge in [0.1, 0.15) is 0 Å². The Kier molecular flexibility index (Phi) is 5.74. The van der Waals surface area contributed by atoms with Crippen molar-refractivity contribution in [3.8, 4) is 33.4 Å². The highest BCUT2D eigenvalue weighted by atomic mass is 14.9. The molecule has 0 unspecified atom stereocenters. The van der Waals surface area contributed by atoms with Gasteiger partial charge in [-0.05, 0) is 85.3 Å². The molecule has 10 aromatic rings. The smallest absolute Gasteiger partial charge is 0.0495 e. The fourth-order valence-electron chi connectivity index (χ4n) is 8.42. The summed E-state index contributed by atoms with van der Waals surface area (Å²) >= 11 is 0. The molecule has 0 saturated heterocycles. The highest BCUT2D eigenvalue weighted by Gasteiger charge is 2.20. The topological polar surface area (TPSA) is 9.86 Å². The predicted octanol–water partition coefficient (Wildman–Crippen LogP) is 12.3. The molecule has 0 radical (unpaired) electrons. The zero-order chi connectivity index (χ0) is 31.9. The molecule has 0 bridgehead atoms. The van der Waals surface area contributed by atoms with Crippen molar-refractivity contribution in [2.75, 3.05) is 0 Å². The zero-order valence-electron chi connectivity index (χ0n) is 26.9. The lowest BCUT2D eigenvalue weighted by molar-refractivity contribution is 1.01. The molecule has 0 spiro atoms. The van der Waals surface area contributed by atoms with Crippen molar-refractivity contribution < 1.29 is 0 Å². The molecule has 0 N–H and O–H groups in total. The van der Waals surface area contributed by atoms with Crippen molar-refractivity contribution >= 4 is 65.2 Å². The Morgan fingerprint density at radius 1 is 0.312 bits per heavy atom. The highest BCUT2D eigenvalue weighted by molar-refractivity contribution is 6.24. The van der Waals surface area contributed by atoms with E-state index in [1.54, 1.807) is 0 Å². The Bertz CT molecular complexity index is 2730. The summed E-state index contributed by atoms with van der Waals surface area (Å²) in [7, 11) is 4.36. The average molecular weight is 613 g/mol. The number of hydrogen-bond acceptors (Lipinski definition) is 0. The van der Waals surface area contributed by atoms with Gasteiger partial charge in [-0.1, -0.05) is 127 Å². The van der Waals surface area contributed by atoms with Crippen LogP contribution in [0.1, 0.15) is 0 Å². The Balaban J connectivity index is 1.37. The average Bonchev–Trinajstić information content (AvgIpc) is 3.61. The van der Waals surface area contributed by atoms with E-state index in [0.717, 1.165) is 0 Å². The third-order valence-electron chi connectivity index (χ3n) is 10.6. The minimum absolute atomic E-state index is 1.23. The first-order chi connectivity index (χ1) is 23.7. The van der Waals surface area contributed by atoms with Crippen LogP contribution in [0.5, 0.6) is 0 Å². The first-order valence-electron chi connectivity index (χ1n) is 16.7. The molecule has 8 aromatic carbocycles. The summed E-state index contributed by atoms with van der Waals surface area (Å²) in [6.45, 7) is 0. The fourth-order valence-corrected chi connectivity index (χ4v) is 8.42. The number of benzene rings is 8. The summed E-state index contributed by atoms with van der Waals surface area (Å²) < 4.78 is 4.65. The van der Waals surface area contributed by atoms with E-state index in [0.29, 0.717) is 0 Å². The van der Waals surface area contributed by atoms with Crippen LogP contribution in [-0.2, 0) is 14.1 Å². The number of aromatic nitrogens is 2. The molecule has 10 rings (SSSR count). The van der Waals surface area contributed by atoms with Gasteiger partial charge in [0, 0.05) is 57.7 Å². The first kappa shape index (κ1) is 27.0. The molecule has 0 aliphatic heterocycles. The molecule has 2 heterocycles. The maximum atomic E-state index is 2.47. The fraction of sp³-hybridized carbons (Fsp3) is 0.0435. The van der Waals surface area contributed by atoms with Gasteiger partial charge in [0.15, 0.2) is 0 Å². The van der Waals surface area contributed by atoms with Crippen molar-refractivity contribution in [3.05, 3.63) is 158 Å². The summed E-state index contributed by atoms with van der Waals surface area (Å²) in [6.07, 6.45) is 0. The summed E-state index contributed by atoms with van der Waals surface area (Å²) in [6, 6.07) is 58.2. The maximum absolute atomic E-state index is 2.47. The highest BCUT2D eigenvalue weighted by Crippen LogP contribution is 2.46. The van der Waals surface area contributed by atoms with E-state index in [1.807, 2.05) is 0 Å². The van der Waals surface area contributed by atoms with E-state index in [2.05, 4.69) is 181 Å². The van der Waals surface area contributed by atoms with Crippen molar-refractivity contribution in [1.82, 2.24) is 9.13 Å². The van der Waals surface area contributed by atoms with Crippen LogP contribution >= 0.6 is 0 Å². The molecule has 2 nitrogen and oxygen atoms in total. The predicted molar refractivity (Wildman–Crippen MR) is 206 cm³/mol. The van der Waals surface area contributed by atoms with Crippen molar-refractivity contribution in [2.24, 2.45) is 14.1 Å². The molecule has 0 aliphatic rings. The lowest BCUT2D eigenvalue weighted by Crippen LogP contribution is -1.91. The number of para-hydroxylation sites is 2. The number of aryl methyl sites for hydroxylation is 2. The van der Waals surface area contributed by atoms with Crippen LogP contribution in [0.3, 0.4) is 0 Å². The number of fused-ring (bicyclic) bond motifs is 8. The summed E-state index contributed by atoms with van der Waals surface area (Å²) in [5.41, 5.74) is 12.6. The van der Waals surface area contributed by atoms with E-state index < -0.39 is 0 Å². The largest absolute Gasteiger partial charge is 0.344 e. The molecule has 2 heteroatoms. The second kappa shape index (κ2) is 10.2. The van der Waals surface area contributed by atoms with Crippen LogP contribution < -0.4 is 0 Å². The standard InChI is InChI=1S/C46H32N2/c1-47-40-24-8-6-16-36(40)45-32(22-12-26-42(45)47)30-18-10-20-34-38(30)28-39-31(19-11-21-35(39)44(34)29-14-4-3-5-15-29)33-23-13-27-43-46(33)37-17-7-9-25-41(37)48(43)2/h3-28H,1-2H3. The molecule has 0 aliphatic carbocycles. The van der Waals surface area contributed by atoms with E-state index >= 15 is 0 Å². The van der Waals surface area contributed by atoms with Gasteiger partial charge >= 0.3 is 0 Å². The van der Waals surface area contributed by atoms with Gasteiger partial charge in [0.05, 0.1) is 0 Å². The van der Waals surface area contributed by atoms with Crippen molar-refractivity contribution in [3.63, 3.8) is 0 Å². The Hall–Kier alpha value is -6.12. The minimum atomic E-state index is 1.23. The lowest BCUT2D eigenvalue weighted by Gasteiger charge is -2.18. The summed E-state index contributed by atoms with van der Waals surface area (Å²) in [5.74, 6) is 0. The lowest BCUT2D eigenvalue weighted by atomic mass is 9.85. The molecule has 0 atom stereocenters. The Labute approximate surface area is 278 Å². The third-order valence-corrected chi connectivity index (χ3v) is 10.6. The van der Waals surface area contributed by atoms with Crippen molar-refractivity contribution in [1.29, 1.82) is 0 Å². The zero-order valence-corrected chi connectivity index (χ0v) is 26.9. The Morgan fingerprint density at radius 3 is 1.23 bits per heavy atom. The van der Waals surface area contributed by atoms with Gasteiger partial charge in [-0.3, -0.25) is 0 Å². The number of nitrogens with zero attached hydrogens (tertiary/aromatic N) is 2. The molecule has 226 valence electrons. The quantitative estimate of drug-likeness (QED) is 0.176. The van der Waals surface area contributed by atoms with Gasteiger partial charge in [0.25, 0.3) is 0 Å². The van der Waals surface area contributed by atoms with E-state index in [4.69, 9.17) is 0 Å². The van der Waals surface area contributed by atoms with E-state index in [1.165, 1.54) is 98.5 Å². The van der Waals surface area contributed by atoms with Crippen LogP contribution in [0.4, 0.5) is 0 Å². The first-order valence-corrected chi connectivity index (χ1v) is 16.7. The normalized spacial score (nSPS) is 12.0. The maximum Gasteiger partial charge on any atom is 0.0495 e. The van der Waals surface area contributed by atoms with Gasteiger partial charge in [-0.25, -0.2) is 0 Å². The van der Waals surface area contributed by atoms with Gasteiger partial charge in [-0.15, -0.1) is 0 Å². The van der Waals surface area contributed by atoms with Gasteiger partial charge < -0.3 is 9.13 Å².